The minimum absolute atomic E-state index is 0.101. The maximum absolute atomic E-state index is 12.7. The molecular weight excluding hydrogens is 386 g/mol. The van der Waals surface area contributed by atoms with Gasteiger partial charge in [0, 0.05) is 17.1 Å². The van der Waals surface area contributed by atoms with E-state index >= 15 is 0 Å². The first-order valence-corrected chi connectivity index (χ1v) is 8.79. The number of aliphatic hydroxyl groups excluding tert-OH is 2. The number of hydrogen-bond donors (Lipinski definition) is 3. The lowest BCUT2D eigenvalue weighted by molar-refractivity contribution is -0.140. The molecule has 3 N–H and O–H groups in total. The number of carbonyl (C=O) groups is 2. The Hall–Kier alpha value is -3.03. The molecule has 146 valence electrons. The number of aromatic hydroxyl groups is 1. The van der Waals surface area contributed by atoms with Crippen LogP contribution in [0.3, 0.4) is 0 Å². The number of Topliss-reactive ketones (excluding diaryl/α,β-unsaturated/α-hetero) is 1. The van der Waals surface area contributed by atoms with Crippen molar-refractivity contribution < 1.29 is 29.6 Å². The number of hydrogen-bond acceptors (Lipinski definition) is 6. The zero-order valence-corrected chi connectivity index (χ0v) is 15.7. The van der Waals surface area contributed by atoms with Gasteiger partial charge < -0.3 is 25.0 Å². The van der Waals surface area contributed by atoms with Gasteiger partial charge in [-0.2, -0.15) is 0 Å². The highest BCUT2D eigenvalue weighted by molar-refractivity contribution is 6.46. The lowest BCUT2D eigenvalue weighted by Gasteiger charge is -2.25. The second kappa shape index (κ2) is 7.92. The second-order valence-corrected chi connectivity index (χ2v) is 6.59. The molecule has 1 saturated heterocycles. The molecule has 1 atom stereocenters. The van der Waals surface area contributed by atoms with E-state index in [-0.39, 0.29) is 36.0 Å². The van der Waals surface area contributed by atoms with E-state index in [4.69, 9.17) is 16.3 Å². The van der Waals surface area contributed by atoms with Crippen LogP contribution in [-0.2, 0) is 9.59 Å². The van der Waals surface area contributed by atoms with E-state index in [0.717, 1.165) is 0 Å². The van der Waals surface area contributed by atoms with Crippen molar-refractivity contribution in [3.8, 4) is 11.5 Å². The summed E-state index contributed by atoms with van der Waals surface area (Å²) in [6.07, 6.45) is 0. The van der Waals surface area contributed by atoms with E-state index in [1.807, 2.05) is 0 Å². The van der Waals surface area contributed by atoms with Crippen molar-refractivity contribution in [1.29, 1.82) is 0 Å². The molecule has 8 heteroatoms. The summed E-state index contributed by atoms with van der Waals surface area (Å²) in [5.41, 5.74) is 0.647. The van der Waals surface area contributed by atoms with Gasteiger partial charge in [0.1, 0.15) is 5.76 Å². The van der Waals surface area contributed by atoms with Crippen molar-refractivity contribution in [3.05, 3.63) is 64.2 Å². The van der Waals surface area contributed by atoms with Crippen LogP contribution < -0.4 is 4.74 Å². The molecule has 0 saturated carbocycles. The Balaban J connectivity index is 2.20. The number of ether oxygens (including phenoxy) is 1. The van der Waals surface area contributed by atoms with Gasteiger partial charge in [0.2, 0.25) is 0 Å². The molecule has 2 aromatic carbocycles. The SMILES string of the molecule is COc1cc([C@H]2/C(=C(\O)c3ccc(Cl)cc3)C(=O)C(=O)N2CCO)ccc1O. The van der Waals surface area contributed by atoms with Crippen molar-refractivity contribution >= 4 is 29.1 Å². The molecule has 1 aliphatic heterocycles. The monoisotopic (exact) mass is 403 g/mol. The van der Waals surface area contributed by atoms with E-state index in [9.17, 15) is 24.9 Å². The number of likely N-dealkylation sites (tertiary alicyclic amines) is 1. The quantitative estimate of drug-likeness (QED) is 0.402. The van der Waals surface area contributed by atoms with Crippen LogP contribution >= 0.6 is 11.6 Å². The van der Waals surface area contributed by atoms with Gasteiger partial charge >= 0.3 is 0 Å². The van der Waals surface area contributed by atoms with Crippen molar-refractivity contribution in [1.82, 2.24) is 4.90 Å². The van der Waals surface area contributed by atoms with Crippen LogP contribution in [0.25, 0.3) is 5.76 Å². The third-order valence-electron chi connectivity index (χ3n) is 4.52. The van der Waals surface area contributed by atoms with Crippen LogP contribution in [0, 0.1) is 0 Å². The Morgan fingerprint density at radius 3 is 2.46 bits per heavy atom. The van der Waals surface area contributed by atoms with Gasteiger partial charge in [-0.25, -0.2) is 0 Å². The summed E-state index contributed by atoms with van der Waals surface area (Å²) >= 11 is 5.87. The van der Waals surface area contributed by atoms with Crippen molar-refractivity contribution in [2.24, 2.45) is 0 Å². The molecule has 28 heavy (non-hydrogen) atoms. The average molecular weight is 404 g/mol. The largest absolute Gasteiger partial charge is 0.507 e. The predicted octanol–water partition coefficient (Wildman–Crippen LogP) is 2.47. The number of benzene rings is 2. The number of aliphatic hydroxyl groups is 2. The van der Waals surface area contributed by atoms with Crippen molar-refractivity contribution in [2.45, 2.75) is 6.04 Å². The molecule has 0 spiro atoms. The van der Waals surface area contributed by atoms with E-state index < -0.39 is 17.7 Å². The second-order valence-electron chi connectivity index (χ2n) is 6.15. The molecular formula is C20H18ClNO6. The van der Waals surface area contributed by atoms with Gasteiger partial charge in [0.25, 0.3) is 11.7 Å². The molecule has 0 radical (unpaired) electrons. The lowest BCUT2D eigenvalue weighted by Crippen LogP contribution is -2.32. The van der Waals surface area contributed by atoms with Crippen LogP contribution in [0.5, 0.6) is 11.5 Å². The number of phenols is 1. The lowest BCUT2D eigenvalue weighted by atomic mass is 9.95. The van der Waals surface area contributed by atoms with E-state index in [0.29, 0.717) is 16.1 Å². The van der Waals surface area contributed by atoms with E-state index in [2.05, 4.69) is 0 Å². The zero-order chi connectivity index (χ0) is 20.4. The summed E-state index contributed by atoms with van der Waals surface area (Å²) in [6.45, 7) is -0.463. The number of methoxy groups -OCH3 is 1. The minimum atomic E-state index is -0.947. The summed E-state index contributed by atoms with van der Waals surface area (Å²) in [5, 5.41) is 30.4. The summed E-state index contributed by atoms with van der Waals surface area (Å²) in [7, 11) is 1.37. The Labute approximate surface area is 166 Å². The Morgan fingerprint density at radius 2 is 1.86 bits per heavy atom. The van der Waals surface area contributed by atoms with Gasteiger partial charge in [-0.3, -0.25) is 9.59 Å². The first kappa shape index (κ1) is 19.7. The highest BCUT2D eigenvalue weighted by Gasteiger charge is 2.46. The molecule has 0 aromatic heterocycles. The maximum atomic E-state index is 12.7. The molecule has 1 fully saturated rings. The van der Waals surface area contributed by atoms with Crippen LogP contribution in [0.15, 0.2) is 48.0 Å². The zero-order valence-electron chi connectivity index (χ0n) is 14.9. The molecule has 7 nitrogen and oxygen atoms in total. The summed E-state index contributed by atoms with van der Waals surface area (Å²) in [6, 6.07) is 9.60. The molecule has 0 aliphatic carbocycles. The smallest absolute Gasteiger partial charge is 0.295 e. The number of ketones is 1. The normalized spacial score (nSPS) is 18.5. The third kappa shape index (κ3) is 3.42. The molecule has 0 unspecified atom stereocenters. The number of carbonyl (C=O) groups excluding carboxylic acids is 2. The predicted molar refractivity (Wildman–Crippen MR) is 102 cm³/mol. The maximum Gasteiger partial charge on any atom is 0.295 e. The first-order valence-electron chi connectivity index (χ1n) is 8.41. The fraction of sp³-hybridized carbons (Fsp3) is 0.200. The van der Waals surface area contributed by atoms with Gasteiger partial charge in [-0.1, -0.05) is 17.7 Å². The number of nitrogens with zero attached hydrogens (tertiary/aromatic N) is 1. The highest BCUT2D eigenvalue weighted by atomic mass is 35.5. The standard InChI is InChI=1S/C20H18ClNO6/c1-28-15-10-12(4-7-14(15)24)17-16(19(26)20(27)22(17)8-9-23)18(25)11-2-5-13(21)6-3-11/h2-7,10,17,23-25H,8-9H2,1H3/b18-16+/t17-/m0/s1. The minimum Gasteiger partial charge on any atom is -0.507 e. The molecule has 1 amide bonds. The van der Waals surface area contributed by atoms with Crippen LogP contribution in [0.2, 0.25) is 5.02 Å². The summed E-state index contributed by atoms with van der Waals surface area (Å²) in [4.78, 5) is 26.4. The summed E-state index contributed by atoms with van der Waals surface area (Å²) < 4.78 is 5.11. The van der Waals surface area contributed by atoms with E-state index in [1.165, 1.54) is 42.3 Å². The number of phenolic OH excluding ortho intramolecular Hbond substituents is 1. The Kier molecular flexibility index (Phi) is 5.58. The van der Waals surface area contributed by atoms with Crippen LogP contribution in [0.1, 0.15) is 17.2 Å². The van der Waals surface area contributed by atoms with Crippen molar-refractivity contribution in [3.63, 3.8) is 0 Å². The van der Waals surface area contributed by atoms with Crippen molar-refractivity contribution in [2.75, 3.05) is 20.3 Å². The number of halogens is 1. The average Bonchev–Trinajstić information content (AvgIpc) is 2.94. The summed E-state index contributed by atoms with van der Waals surface area (Å²) in [5.74, 6) is -2.01. The third-order valence-corrected chi connectivity index (χ3v) is 4.77. The number of rotatable bonds is 5. The Morgan fingerprint density at radius 1 is 1.18 bits per heavy atom. The van der Waals surface area contributed by atoms with Gasteiger partial charge in [-0.05, 0) is 42.0 Å². The Bertz CT molecular complexity index is 954. The van der Waals surface area contributed by atoms with Gasteiger partial charge in [0.05, 0.1) is 25.3 Å². The highest BCUT2D eigenvalue weighted by Crippen LogP contribution is 2.41. The first-order chi connectivity index (χ1) is 13.4. The molecule has 2 aromatic rings. The molecule has 1 heterocycles. The molecule has 0 bridgehead atoms. The van der Waals surface area contributed by atoms with E-state index in [1.54, 1.807) is 12.1 Å². The van der Waals surface area contributed by atoms with Crippen LogP contribution in [0.4, 0.5) is 0 Å². The number of β-amino-alcohol motifs (C(OH)–C–C–N with tert-alkyl or cyclic N) is 1. The number of amides is 1. The fourth-order valence-electron chi connectivity index (χ4n) is 3.19. The fourth-order valence-corrected chi connectivity index (χ4v) is 3.32. The topological polar surface area (TPSA) is 107 Å². The molecule has 1 aliphatic rings. The van der Waals surface area contributed by atoms with Crippen LogP contribution in [-0.4, -0.2) is 52.2 Å². The van der Waals surface area contributed by atoms with Gasteiger partial charge in [0.15, 0.2) is 11.5 Å². The molecule has 3 rings (SSSR count). The van der Waals surface area contributed by atoms with Gasteiger partial charge in [-0.15, -0.1) is 0 Å².